The average molecular weight is 532 g/mol. The van der Waals surface area contributed by atoms with Crippen LogP contribution in [0.25, 0.3) is 50.1 Å². The van der Waals surface area contributed by atoms with Gasteiger partial charge < -0.3 is 0 Å². The standard InChI is InChI=1S/C38H33N3/c1-25(2)35-22-34(30-14-12-29(13-15-30)28-8-6-5-7-9-28)23-36(26(3)4)37(35)41-19-18-40-38(41)33-17-16-31-20-27(24-39)10-11-32(31)21-33/h5-23,25-26H,1-4H3. The molecule has 5 aromatic carbocycles. The van der Waals surface area contributed by atoms with Crippen LogP contribution in [0.5, 0.6) is 0 Å². The molecule has 0 spiro atoms. The summed E-state index contributed by atoms with van der Waals surface area (Å²) >= 11 is 0. The van der Waals surface area contributed by atoms with Gasteiger partial charge in [-0.1, -0.05) is 100 Å². The van der Waals surface area contributed by atoms with Crippen LogP contribution in [0.15, 0.2) is 116 Å². The number of hydrogen-bond acceptors (Lipinski definition) is 2. The minimum atomic E-state index is 0.322. The maximum Gasteiger partial charge on any atom is 0.144 e. The van der Waals surface area contributed by atoms with Crippen LogP contribution in [0.2, 0.25) is 0 Å². The van der Waals surface area contributed by atoms with E-state index in [9.17, 15) is 5.26 Å². The van der Waals surface area contributed by atoms with Crippen molar-refractivity contribution in [2.24, 2.45) is 0 Å². The fourth-order valence-corrected chi connectivity index (χ4v) is 5.64. The predicted molar refractivity (Wildman–Crippen MR) is 170 cm³/mol. The largest absolute Gasteiger partial charge is 0.299 e. The first-order valence-corrected chi connectivity index (χ1v) is 14.2. The lowest BCUT2D eigenvalue weighted by Gasteiger charge is -2.24. The number of imidazole rings is 1. The van der Waals surface area contributed by atoms with Crippen molar-refractivity contribution in [3.63, 3.8) is 0 Å². The Kier molecular flexibility index (Phi) is 7.00. The van der Waals surface area contributed by atoms with Crippen LogP contribution < -0.4 is 0 Å². The maximum absolute atomic E-state index is 9.29. The smallest absolute Gasteiger partial charge is 0.144 e. The number of nitriles is 1. The molecule has 0 amide bonds. The van der Waals surface area contributed by atoms with Crippen LogP contribution in [-0.2, 0) is 0 Å². The van der Waals surface area contributed by atoms with Gasteiger partial charge in [-0.25, -0.2) is 4.98 Å². The molecule has 0 unspecified atom stereocenters. The average Bonchev–Trinajstić information content (AvgIpc) is 3.50. The van der Waals surface area contributed by atoms with Crippen molar-refractivity contribution in [1.29, 1.82) is 5.26 Å². The van der Waals surface area contributed by atoms with Crippen molar-refractivity contribution in [1.82, 2.24) is 9.55 Å². The molecule has 0 saturated heterocycles. The Bertz CT molecular complexity index is 1860. The van der Waals surface area contributed by atoms with E-state index >= 15 is 0 Å². The molecular weight excluding hydrogens is 498 g/mol. The van der Waals surface area contributed by atoms with E-state index in [-0.39, 0.29) is 0 Å². The minimum Gasteiger partial charge on any atom is -0.299 e. The van der Waals surface area contributed by atoms with Crippen LogP contribution in [0, 0.1) is 11.3 Å². The van der Waals surface area contributed by atoms with E-state index in [0.717, 1.165) is 22.2 Å². The van der Waals surface area contributed by atoms with Gasteiger partial charge in [-0.2, -0.15) is 5.26 Å². The molecule has 3 nitrogen and oxygen atoms in total. The van der Waals surface area contributed by atoms with Crippen molar-refractivity contribution >= 4 is 10.8 Å². The van der Waals surface area contributed by atoms with E-state index in [2.05, 4.69) is 129 Å². The monoisotopic (exact) mass is 531 g/mol. The third-order valence-corrected chi connectivity index (χ3v) is 7.85. The second-order valence-electron chi connectivity index (χ2n) is 11.3. The van der Waals surface area contributed by atoms with Gasteiger partial charge in [0.15, 0.2) is 0 Å². The molecule has 1 heterocycles. The molecular formula is C38H33N3. The van der Waals surface area contributed by atoms with Gasteiger partial charge in [-0.05, 0) is 86.3 Å². The third kappa shape index (κ3) is 5.06. The lowest BCUT2D eigenvalue weighted by Crippen LogP contribution is -2.08. The molecule has 0 fully saturated rings. The Labute approximate surface area is 242 Å². The summed E-state index contributed by atoms with van der Waals surface area (Å²) in [5.74, 6) is 1.56. The molecule has 0 aliphatic carbocycles. The number of nitrogens with zero attached hydrogens (tertiary/aromatic N) is 3. The van der Waals surface area contributed by atoms with Crippen LogP contribution >= 0.6 is 0 Å². The summed E-state index contributed by atoms with van der Waals surface area (Å²) in [5, 5.41) is 11.4. The zero-order chi connectivity index (χ0) is 28.5. The van der Waals surface area contributed by atoms with Crippen molar-refractivity contribution in [2.45, 2.75) is 39.5 Å². The van der Waals surface area contributed by atoms with Crippen LogP contribution in [0.3, 0.4) is 0 Å². The molecule has 0 saturated carbocycles. The fraction of sp³-hybridized carbons (Fsp3) is 0.158. The van der Waals surface area contributed by atoms with Crippen molar-refractivity contribution in [3.05, 3.63) is 132 Å². The molecule has 6 rings (SSSR count). The molecule has 0 N–H and O–H groups in total. The predicted octanol–water partition coefficient (Wildman–Crippen LogP) is 10.1. The van der Waals surface area contributed by atoms with Gasteiger partial charge in [0.05, 0.1) is 17.3 Å². The van der Waals surface area contributed by atoms with Gasteiger partial charge in [-0.3, -0.25) is 4.57 Å². The highest BCUT2D eigenvalue weighted by atomic mass is 15.1. The Balaban J connectivity index is 1.47. The Morgan fingerprint density at radius 3 is 1.80 bits per heavy atom. The van der Waals surface area contributed by atoms with Crippen LogP contribution in [0.1, 0.15) is 56.2 Å². The molecule has 0 bridgehead atoms. The van der Waals surface area contributed by atoms with Gasteiger partial charge in [0, 0.05) is 18.0 Å². The number of benzene rings is 5. The molecule has 0 atom stereocenters. The zero-order valence-electron chi connectivity index (χ0n) is 24.0. The summed E-state index contributed by atoms with van der Waals surface area (Å²) in [5.41, 5.74) is 10.5. The quantitative estimate of drug-likeness (QED) is 0.214. The fourth-order valence-electron chi connectivity index (χ4n) is 5.64. The highest BCUT2D eigenvalue weighted by Gasteiger charge is 2.21. The molecule has 41 heavy (non-hydrogen) atoms. The van der Waals surface area contributed by atoms with E-state index < -0.39 is 0 Å². The summed E-state index contributed by atoms with van der Waals surface area (Å²) in [6.45, 7) is 9.07. The van der Waals surface area contributed by atoms with Crippen molar-refractivity contribution < 1.29 is 0 Å². The van der Waals surface area contributed by atoms with E-state index in [1.54, 1.807) is 0 Å². The van der Waals surface area contributed by atoms with Gasteiger partial charge in [0.25, 0.3) is 0 Å². The molecule has 1 aromatic heterocycles. The summed E-state index contributed by atoms with van der Waals surface area (Å²) in [7, 11) is 0. The lowest BCUT2D eigenvalue weighted by atomic mass is 9.88. The van der Waals surface area contributed by atoms with Crippen LogP contribution in [0.4, 0.5) is 0 Å². The van der Waals surface area contributed by atoms with Crippen LogP contribution in [-0.4, -0.2) is 9.55 Å². The zero-order valence-corrected chi connectivity index (χ0v) is 24.0. The highest BCUT2D eigenvalue weighted by Crippen LogP contribution is 2.38. The molecule has 6 aromatic rings. The van der Waals surface area contributed by atoms with Gasteiger partial charge >= 0.3 is 0 Å². The molecule has 0 aliphatic rings. The Morgan fingerprint density at radius 1 is 0.610 bits per heavy atom. The summed E-state index contributed by atoms with van der Waals surface area (Å²) in [6.07, 6.45) is 3.97. The van der Waals surface area contributed by atoms with E-state index in [0.29, 0.717) is 17.4 Å². The SMILES string of the molecule is CC(C)c1cc(-c2ccc(-c3ccccc3)cc2)cc(C(C)C)c1-n1ccnc1-c1ccc2cc(C#N)ccc2c1. The van der Waals surface area contributed by atoms with Crippen molar-refractivity contribution in [2.75, 3.05) is 0 Å². The summed E-state index contributed by atoms with van der Waals surface area (Å²) < 4.78 is 2.26. The number of rotatable bonds is 6. The first kappa shape index (κ1) is 26.3. The van der Waals surface area contributed by atoms with Gasteiger partial charge in [-0.15, -0.1) is 0 Å². The van der Waals surface area contributed by atoms with Gasteiger partial charge in [0.1, 0.15) is 5.82 Å². The van der Waals surface area contributed by atoms with E-state index in [1.165, 1.54) is 39.1 Å². The van der Waals surface area contributed by atoms with E-state index in [4.69, 9.17) is 4.98 Å². The normalized spacial score (nSPS) is 11.3. The molecule has 0 aliphatic heterocycles. The highest BCUT2D eigenvalue weighted by molar-refractivity contribution is 5.88. The Morgan fingerprint density at radius 2 is 1.17 bits per heavy atom. The second kappa shape index (κ2) is 10.9. The third-order valence-electron chi connectivity index (χ3n) is 7.85. The summed E-state index contributed by atoms with van der Waals surface area (Å²) in [6, 6.07) is 38.6. The Hall–Kier alpha value is -4.94. The van der Waals surface area contributed by atoms with E-state index in [1.807, 2.05) is 24.4 Å². The maximum atomic E-state index is 9.29. The number of aromatic nitrogens is 2. The molecule has 0 radical (unpaired) electrons. The first-order chi connectivity index (χ1) is 19.9. The second-order valence-corrected chi connectivity index (χ2v) is 11.3. The van der Waals surface area contributed by atoms with Crippen molar-refractivity contribution in [3.8, 4) is 45.4 Å². The topological polar surface area (TPSA) is 41.6 Å². The summed E-state index contributed by atoms with van der Waals surface area (Å²) in [4.78, 5) is 4.83. The molecule has 3 heteroatoms. The first-order valence-electron chi connectivity index (χ1n) is 14.2. The minimum absolute atomic E-state index is 0.322. The number of hydrogen-bond donors (Lipinski definition) is 0. The van der Waals surface area contributed by atoms with Gasteiger partial charge in [0.2, 0.25) is 0 Å². The molecule has 200 valence electrons. The lowest BCUT2D eigenvalue weighted by molar-refractivity contribution is 0.807. The number of fused-ring (bicyclic) bond motifs is 1.